The summed E-state index contributed by atoms with van der Waals surface area (Å²) in [6, 6.07) is 17.4. The zero-order valence-corrected chi connectivity index (χ0v) is 14.5. The number of anilines is 1. The summed E-state index contributed by atoms with van der Waals surface area (Å²) in [5.41, 5.74) is 0.940. The van der Waals surface area contributed by atoms with Crippen molar-refractivity contribution in [1.29, 1.82) is 0 Å². The molecule has 4 heteroatoms. The van der Waals surface area contributed by atoms with Crippen molar-refractivity contribution in [3.05, 3.63) is 54.6 Å². The minimum atomic E-state index is -2.97. The van der Waals surface area contributed by atoms with Crippen molar-refractivity contribution in [2.45, 2.75) is 44.8 Å². The molecular weight excluding hydrogens is 305 g/mol. The summed E-state index contributed by atoms with van der Waals surface area (Å²) in [4.78, 5) is 0. The molecule has 1 heterocycles. The van der Waals surface area contributed by atoms with Crippen LogP contribution in [0.3, 0.4) is 0 Å². The number of rotatable bonds is 6. The van der Waals surface area contributed by atoms with Gasteiger partial charge in [0.2, 0.25) is 0 Å². The molecule has 3 nitrogen and oxygen atoms in total. The zero-order valence-electron chi connectivity index (χ0n) is 13.6. The molecule has 2 aromatic rings. The van der Waals surface area contributed by atoms with Crippen LogP contribution in [-0.4, -0.2) is 5.78 Å². The second kappa shape index (κ2) is 7.23. The van der Waals surface area contributed by atoms with Crippen molar-refractivity contribution in [2.24, 2.45) is 0 Å². The third-order valence-corrected chi connectivity index (χ3v) is 6.99. The van der Waals surface area contributed by atoms with E-state index in [1.165, 1.54) is 19.3 Å². The largest absolute Gasteiger partial charge is 0.436 e. The van der Waals surface area contributed by atoms with E-state index in [1.807, 2.05) is 54.6 Å². The van der Waals surface area contributed by atoms with Crippen LogP contribution in [0.1, 0.15) is 39.0 Å². The molecule has 23 heavy (non-hydrogen) atoms. The van der Waals surface area contributed by atoms with Crippen molar-refractivity contribution in [3.8, 4) is 5.75 Å². The molecule has 1 N–H and O–H groups in total. The van der Waals surface area contributed by atoms with Crippen LogP contribution in [0.5, 0.6) is 5.75 Å². The summed E-state index contributed by atoms with van der Waals surface area (Å²) in [6.45, 7) is 2.20. The third kappa shape index (κ3) is 3.45. The van der Waals surface area contributed by atoms with Crippen LogP contribution in [0.4, 0.5) is 5.69 Å². The van der Waals surface area contributed by atoms with Gasteiger partial charge in [0.25, 0.3) is 7.37 Å². The Morgan fingerprint density at radius 3 is 2.52 bits per heavy atom. The fraction of sp³-hybridized carbons (Fsp3) is 0.368. The first-order valence-electron chi connectivity index (χ1n) is 8.44. The molecule has 0 fully saturated rings. The molecule has 3 rings (SSSR count). The van der Waals surface area contributed by atoms with E-state index in [2.05, 4.69) is 12.2 Å². The SMILES string of the molecule is CCCCCC[C@H]1Nc2ccccc2O[P@@]1(=O)c1ccccc1. The van der Waals surface area contributed by atoms with E-state index < -0.39 is 7.37 Å². The fourth-order valence-corrected chi connectivity index (χ4v) is 5.48. The standard InChI is InChI=1S/C19H24NO2P/c1-2-3-4-8-15-19-20-17-13-9-10-14-18(17)22-23(19,21)16-11-6-5-7-12-16/h5-7,9-14,19-20H,2-4,8,15H2,1H3/t19-,23-/m0/s1. The van der Waals surface area contributed by atoms with Gasteiger partial charge >= 0.3 is 0 Å². The van der Waals surface area contributed by atoms with Gasteiger partial charge in [0, 0.05) is 0 Å². The highest BCUT2D eigenvalue weighted by molar-refractivity contribution is 7.68. The maximum absolute atomic E-state index is 13.7. The molecule has 0 unspecified atom stereocenters. The highest BCUT2D eigenvalue weighted by Gasteiger charge is 2.41. The van der Waals surface area contributed by atoms with Crippen molar-refractivity contribution >= 4 is 18.4 Å². The maximum atomic E-state index is 13.7. The molecule has 1 aliphatic rings. The van der Waals surface area contributed by atoms with Crippen LogP contribution >= 0.6 is 7.37 Å². The minimum absolute atomic E-state index is 0.156. The smallest absolute Gasteiger partial charge is 0.298 e. The van der Waals surface area contributed by atoms with Gasteiger partial charge in [-0.25, -0.2) is 0 Å². The topological polar surface area (TPSA) is 38.3 Å². The van der Waals surface area contributed by atoms with Crippen molar-refractivity contribution in [3.63, 3.8) is 0 Å². The summed E-state index contributed by atoms with van der Waals surface area (Å²) in [6.07, 6.45) is 5.52. The van der Waals surface area contributed by atoms with Gasteiger partial charge in [0.15, 0.2) is 0 Å². The molecule has 0 bridgehead atoms. The predicted octanol–water partition coefficient (Wildman–Crippen LogP) is 5.39. The van der Waals surface area contributed by atoms with Crippen LogP contribution in [-0.2, 0) is 4.57 Å². The molecule has 0 radical (unpaired) electrons. The zero-order chi connectivity index (χ0) is 16.1. The number of para-hydroxylation sites is 2. The lowest BCUT2D eigenvalue weighted by molar-refractivity contribution is 0.466. The summed E-state index contributed by atoms with van der Waals surface area (Å²) < 4.78 is 19.8. The lowest BCUT2D eigenvalue weighted by Crippen LogP contribution is -2.31. The number of hydrogen-bond donors (Lipinski definition) is 1. The quantitative estimate of drug-likeness (QED) is 0.570. The molecule has 0 spiro atoms. The van der Waals surface area contributed by atoms with Gasteiger partial charge in [-0.2, -0.15) is 0 Å². The highest BCUT2D eigenvalue weighted by atomic mass is 31.2. The van der Waals surface area contributed by atoms with Crippen LogP contribution in [0.25, 0.3) is 0 Å². The molecule has 1 aliphatic heterocycles. The average molecular weight is 329 g/mol. The van der Waals surface area contributed by atoms with E-state index >= 15 is 0 Å². The summed E-state index contributed by atoms with van der Waals surface area (Å²) >= 11 is 0. The van der Waals surface area contributed by atoms with Crippen molar-refractivity contribution in [1.82, 2.24) is 0 Å². The van der Waals surface area contributed by atoms with Crippen LogP contribution in [0.2, 0.25) is 0 Å². The Balaban J connectivity index is 1.88. The van der Waals surface area contributed by atoms with Gasteiger partial charge in [0.1, 0.15) is 11.5 Å². The number of nitrogens with one attached hydrogen (secondary N) is 1. The molecule has 2 atom stereocenters. The fourth-order valence-electron chi connectivity index (χ4n) is 3.01. The van der Waals surface area contributed by atoms with Gasteiger partial charge in [-0.05, 0) is 30.7 Å². The molecule has 0 saturated carbocycles. The summed E-state index contributed by atoms with van der Waals surface area (Å²) in [5.74, 6) is 0.529. The molecule has 0 saturated heterocycles. The van der Waals surface area contributed by atoms with Crippen molar-refractivity contribution < 1.29 is 9.09 Å². The monoisotopic (exact) mass is 329 g/mol. The van der Waals surface area contributed by atoms with Crippen molar-refractivity contribution in [2.75, 3.05) is 5.32 Å². The number of unbranched alkanes of at least 4 members (excludes halogenated alkanes) is 3. The van der Waals surface area contributed by atoms with E-state index in [-0.39, 0.29) is 5.78 Å². The van der Waals surface area contributed by atoms with Crippen LogP contribution < -0.4 is 15.1 Å². The molecule has 0 aromatic heterocycles. The Kier molecular flexibility index (Phi) is 5.07. The number of hydrogen-bond acceptors (Lipinski definition) is 3. The van der Waals surface area contributed by atoms with Gasteiger partial charge in [-0.3, -0.25) is 4.57 Å². The molecule has 122 valence electrons. The number of fused-ring (bicyclic) bond motifs is 1. The van der Waals surface area contributed by atoms with Gasteiger partial charge in [0.05, 0.1) is 11.0 Å². The second-order valence-corrected chi connectivity index (χ2v) is 8.55. The molecule has 0 amide bonds. The van der Waals surface area contributed by atoms with E-state index in [0.717, 1.165) is 23.8 Å². The van der Waals surface area contributed by atoms with Crippen LogP contribution in [0.15, 0.2) is 54.6 Å². The number of benzene rings is 2. The third-order valence-electron chi connectivity index (χ3n) is 4.30. The first-order valence-corrected chi connectivity index (χ1v) is 10.1. The summed E-state index contributed by atoms with van der Waals surface area (Å²) in [7, 11) is -2.97. The normalized spacial score (nSPS) is 22.7. The van der Waals surface area contributed by atoms with E-state index in [0.29, 0.717) is 5.75 Å². The van der Waals surface area contributed by atoms with E-state index in [1.54, 1.807) is 0 Å². The van der Waals surface area contributed by atoms with Gasteiger partial charge in [-0.1, -0.05) is 62.9 Å². The van der Waals surface area contributed by atoms with Gasteiger partial charge < -0.3 is 9.84 Å². The Labute approximate surface area is 138 Å². The average Bonchev–Trinajstić information content (AvgIpc) is 2.60. The summed E-state index contributed by atoms with van der Waals surface area (Å²) in [5, 5.41) is 4.27. The van der Waals surface area contributed by atoms with E-state index in [4.69, 9.17) is 4.52 Å². The second-order valence-electron chi connectivity index (χ2n) is 6.03. The Hall–Kier alpha value is -1.73. The van der Waals surface area contributed by atoms with Gasteiger partial charge in [-0.15, -0.1) is 0 Å². The van der Waals surface area contributed by atoms with Crippen LogP contribution in [0, 0.1) is 0 Å². The Morgan fingerprint density at radius 2 is 1.74 bits per heavy atom. The molecular formula is C19H24NO2P. The molecule has 2 aromatic carbocycles. The first kappa shape index (κ1) is 16.1. The maximum Gasteiger partial charge on any atom is 0.298 e. The minimum Gasteiger partial charge on any atom is -0.436 e. The first-order chi connectivity index (χ1) is 11.2. The Bertz CT molecular complexity index is 687. The van der Waals surface area contributed by atoms with E-state index in [9.17, 15) is 4.57 Å². The lowest BCUT2D eigenvalue weighted by atomic mass is 10.1. The highest BCUT2D eigenvalue weighted by Crippen LogP contribution is 2.57. The lowest BCUT2D eigenvalue weighted by Gasteiger charge is -2.35. The Morgan fingerprint density at radius 1 is 1.00 bits per heavy atom. The predicted molar refractivity (Wildman–Crippen MR) is 96.9 cm³/mol. The molecule has 0 aliphatic carbocycles.